The van der Waals surface area contributed by atoms with Crippen molar-refractivity contribution in [3.8, 4) is 0 Å². The first kappa shape index (κ1) is 10.2. The second-order valence-electron chi connectivity index (χ2n) is 4.09. The van der Waals surface area contributed by atoms with Crippen molar-refractivity contribution in [2.45, 2.75) is 32.2 Å². The highest BCUT2D eigenvalue weighted by Crippen LogP contribution is 2.25. The molecule has 1 nitrogen and oxygen atoms in total. The monoisotopic (exact) mass is 181 g/mol. The third-order valence-electron chi connectivity index (χ3n) is 2.49. The predicted molar refractivity (Wildman–Crippen MR) is 53.1 cm³/mol. The van der Waals surface area contributed by atoms with E-state index < -0.39 is 0 Å². The Bertz CT molecular complexity index is 271. The van der Waals surface area contributed by atoms with Crippen LogP contribution in [0.3, 0.4) is 0 Å². The van der Waals surface area contributed by atoms with Crippen molar-refractivity contribution < 1.29 is 4.39 Å². The molecule has 0 spiro atoms. The molecule has 1 unspecified atom stereocenters. The van der Waals surface area contributed by atoms with Crippen LogP contribution in [0.5, 0.6) is 0 Å². The highest BCUT2D eigenvalue weighted by molar-refractivity contribution is 5.22. The molecule has 13 heavy (non-hydrogen) atoms. The van der Waals surface area contributed by atoms with Crippen molar-refractivity contribution in [1.29, 1.82) is 0 Å². The largest absolute Gasteiger partial charge is 0.325 e. The van der Waals surface area contributed by atoms with Crippen LogP contribution in [0.25, 0.3) is 0 Å². The molecule has 0 fully saturated rings. The van der Waals surface area contributed by atoms with E-state index in [4.69, 9.17) is 5.73 Å². The predicted octanol–water partition coefficient (Wildman–Crippen LogP) is 2.67. The minimum absolute atomic E-state index is 0.203. The third-order valence-corrected chi connectivity index (χ3v) is 2.49. The Morgan fingerprint density at radius 1 is 1.23 bits per heavy atom. The SMILES string of the molecule is CC(c1ccc(F)cc1)C(C)(C)N. The van der Waals surface area contributed by atoms with Gasteiger partial charge in [0, 0.05) is 5.54 Å². The molecule has 2 heteroatoms. The number of halogens is 1. The van der Waals surface area contributed by atoms with Crippen LogP contribution in [0.4, 0.5) is 4.39 Å². The van der Waals surface area contributed by atoms with Gasteiger partial charge in [-0.05, 0) is 37.5 Å². The lowest BCUT2D eigenvalue weighted by atomic mass is 9.84. The summed E-state index contributed by atoms with van der Waals surface area (Å²) in [5.74, 6) is 0.0267. The quantitative estimate of drug-likeness (QED) is 0.745. The van der Waals surface area contributed by atoms with E-state index in [1.807, 2.05) is 20.8 Å². The van der Waals surface area contributed by atoms with Gasteiger partial charge in [-0.25, -0.2) is 4.39 Å². The summed E-state index contributed by atoms with van der Waals surface area (Å²) < 4.78 is 12.6. The van der Waals surface area contributed by atoms with E-state index in [9.17, 15) is 4.39 Å². The molecule has 0 saturated heterocycles. The van der Waals surface area contributed by atoms with E-state index in [2.05, 4.69) is 0 Å². The van der Waals surface area contributed by atoms with Gasteiger partial charge in [0.15, 0.2) is 0 Å². The Morgan fingerprint density at radius 3 is 2.08 bits per heavy atom. The van der Waals surface area contributed by atoms with Crippen LogP contribution in [0.1, 0.15) is 32.3 Å². The molecule has 1 aromatic carbocycles. The summed E-state index contributed by atoms with van der Waals surface area (Å²) in [4.78, 5) is 0. The number of hydrogen-bond donors (Lipinski definition) is 1. The molecule has 0 heterocycles. The summed E-state index contributed by atoms with van der Waals surface area (Å²) in [6.07, 6.45) is 0. The van der Waals surface area contributed by atoms with E-state index in [0.717, 1.165) is 5.56 Å². The van der Waals surface area contributed by atoms with Crippen molar-refractivity contribution in [2.75, 3.05) is 0 Å². The van der Waals surface area contributed by atoms with Crippen molar-refractivity contribution >= 4 is 0 Å². The molecule has 0 aliphatic carbocycles. The Kier molecular flexibility index (Phi) is 2.71. The van der Waals surface area contributed by atoms with Crippen LogP contribution in [0.2, 0.25) is 0 Å². The zero-order valence-electron chi connectivity index (χ0n) is 8.34. The average molecular weight is 181 g/mol. The summed E-state index contributed by atoms with van der Waals surface area (Å²) in [6, 6.07) is 6.51. The second-order valence-corrected chi connectivity index (χ2v) is 4.09. The first-order valence-electron chi connectivity index (χ1n) is 4.45. The molecule has 0 bridgehead atoms. The van der Waals surface area contributed by atoms with Crippen LogP contribution in [0.15, 0.2) is 24.3 Å². The molecular weight excluding hydrogens is 165 g/mol. The minimum atomic E-state index is -0.266. The molecule has 0 radical (unpaired) electrons. The smallest absolute Gasteiger partial charge is 0.123 e. The maximum absolute atomic E-state index is 12.6. The van der Waals surface area contributed by atoms with Crippen molar-refractivity contribution in [1.82, 2.24) is 0 Å². The van der Waals surface area contributed by atoms with Crippen molar-refractivity contribution in [2.24, 2.45) is 5.73 Å². The Hall–Kier alpha value is -0.890. The molecule has 0 amide bonds. The molecule has 0 aliphatic rings. The maximum atomic E-state index is 12.6. The van der Waals surface area contributed by atoms with Crippen LogP contribution in [-0.2, 0) is 0 Å². The van der Waals surface area contributed by atoms with Gasteiger partial charge in [0.05, 0.1) is 0 Å². The highest BCUT2D eigenvalue weighted by atomic mass is 19.1. The van der Waals surface area contributed by atoms with Crippen LogP contribution >= 0.6 is 0 Å². The molecular formula is C11H16FN. The minimum Gasteiger partial charge on any atom is -0.325 e. The lowest BCUT2D eigenvalue weighted by Gasteiger charge is -2.27. The molecule has 1 atom stereocenters. The zero-order valence-corrected chi connectivity index (χ0v) is 8.34. The van der Waals surface area contributed by atoms with Gasteiger partial charge in [-0.15, -0.1) is 0 Å². The fourth-order valence-electron chi connectivity index (χ4n) is 1.18. The highest BCUT2D eigenvalue weighted by Gasteiger charge is 2.21. The average Bonchev–Trinajstić information content (AvgIpc) is 2.03. The van der Waals surface area contributed by atoms with Crippen LogP contribution in [-0.4, -0.2) is 5.54 Å². The summed E-state index contributed by atoms with van der Waals surface area (Å²) in [6.45, 7) is 6.00. The maximum Gasteiger partial charge on any atom is 0.123 e. The van der Waals surface area contributed by atoms with E-state index in [1.54, 1.807) is 12.1 Å². The Labute approximate surface area is 78.8 Å². The van der Waals surface area contributed by atoms with Gasteiger partial charge in [0.2, 0.25) is 0 Å². The van der Waals surface area contributed by atoms with Gasteiger partial charge in [-0.2, -0.15) is 0 Å². The first-order chi connectivity index (χ1) is 5.91. The van der Waals surface area contributed by atoms with Gasteiger partial charge in [-0.1, -0.05) is 19.1 Å². The molecule has 0 saturated carbocycles. The van der Waals surface area contributed by atoms with Gasteiger partial charge in [-0.3, -0.25) is 0 Å². The molecule has 72 valence electrons. The topological polar surface area (TPSA) is 26.0 Å². The van der Waals surface area contributed by atoms with E-state index in [0.29, 0.717) is 0 Å². The van der Waals surface area contributed by atoms with Gasteiger partial charge < -0.3 is 5.73 Å². The number of benzene rings is 1. The van der Waals surface area contributed by atoms with Crippen molar-refractivity contribution in [3.05, 3.63) is 35.6 Å². The number of hydrogen-bond acceptors (Lipinski definition) is 1. The summed E-state index contributed by atoms with van der Waals surface area (Å²) in [7, 11) is 0. The molecule has 0 aliphatic heterocycles. The second kappa shape index (κ2) is 3.46. The molecule has 1 aromatic rings. The summed E-state index contributed by atoms with van der Waals surface area (Å²) in [5, 5.41) is 0. The van der Waals surface area contributed by atoms with Gasteiger partial charge >= 0.3 is 0 Å². The molecule has 0 aromatic heterocycles. The lowest BCUT2D eigenvalue weighted by molar-refractivity contribution is 0.435. The molecule has 1 rings (SSSR count). The Balaban J connectivity index is 2.90. The van der Waals surface area contributed by atoms with Gasteiger partial charge in [0.25, 0.3) is 0 Å². The van der Waals surface area contributed by atoms with E-state index in [1.165, 1.54) is 12.1 Å². The summed E-state index contributed by atoms with van der Waals surface area (Å²) >= 11 is 0. The molecule has 2 N–H and O–H groups in total. The van der Waals surface area contributed by atoms with Crippen molar-refractivity contribution in [3.63, 3.8) is 0 Å². The number of nitrogens with two attached hydrogens (primary N) is 1. The third kappa shape index (κ3) is 2.52. The normalized spacial score (nSPS) is 14.2. The van der Waals surface area contributed by atoms with Crippen LogP contribution in [0, 0.1) is 5.82 Å². The standard InChI is InChI=1S/C11H16FN/c1-8(11(2,3)13)9-4-6-10(12)7-5-9/h4-8H,13H2,1-3H3. The lowest BCUT2D eigenvalue weighted by Crippen LogP contribution is -2.37. The zero-order chi connectivity index (χ0) is 10.1. The van der Waals surface area contributed by atoms with E-state index in [-0.39, 0.29) is 17.3 Å². The first-order valence-corrected chi connectivity index (χ1v) is 4.45. The number of rotatable bonds is 2. The fraction of sp³-hybridized carbons (Fsp3) is 0.455. The fourth-order valence-corrected chi connectivity index (χ4v) is 1.18. The van der Waals surface area contributed by atoms with E-state index >= 15 is 0 Å². The Morgan fingerprint density at radius 2 is 1.69 bits per heavy atom. The summed E-state index contributed by atoms with van der Waals surface area (Å²) in [5.41, 5.74) is 6.77. The van der Waals surface area contributed by atoms with Gasteiger partial charge in [0.1, 0.15) is 5.82 Å². The van der Waals surface area contributed by atoms with Crippen LogP contribution < -0.4 is 5.73 Å².